The van der Waals surface area contributed by atoms with Gasteiger partial charge in [0.25, 0.3) is 0 Å². The summed E-state index contributed by atoms with van der Waals surface area (Å²) in [5, 5.41) is 0. The van der Waals surface area contributed by atoms with Gasteiger partial charge in [0.05, 0.1) is 11.1 Å². The molecular formula is C19H17F4NO. The van der Waals surface area contributed by atoms with Crippen molar-refractivity contribution in [2.45, 2.75) is 37.4 Å². The van der Waals surface area contributed by atoms with Crippen molar-refractivity contribution in [1.29, 1.82) is 0 Å². The largest absolute Gasteiger partial charge is 0.416 e. The van der Waals surface area contributed by atoms with E-state index < -0.39 is 23.1 Å². The Morgan fingerprint density at radius 2 is 1.64 bits per heavy atom. The van der Waals surface area contributed by atoms with E-state index in [1.807, 2.05) is 30.3 Å². The highest BCUT2D eigenvalue weighted by molar-refractivity contribution is 5.78. The monoisotopic (exact) mass is 351 g/mol. The topological polar surface area (TPSA) is 20.3 Å². The van der Waals surface area contributed by atoms with Crippen molar-refractivity contribution in [2.75, 3.05) is 4.90 Å². The van der Waals surface area contributed by atoms with Gasteiger partial charge in [-0.05, 0) is 36.6 Å². The van der Waals surface area contributed by atoms with E-state index in [1.165, 1.54) is 4.90 Å². The van der Waals surface area contributed by atoms with E-state index in [2.05, 4.69) is 0 Å². The third-order valence-corrected chi connectivity index (χ3v) is 4.80. The minimum atomic E-state index is -4.68. The van der Waals surface area contributed by atoms with E-state index in [9.17, 15) is 22.4 Å². The Labute approximate surface area is 143 Å². The summed E-state index contributed by atoms with van der Waals surface area (Å²) in [7, 11) is 0. The summed E-state index contributed by atoms with van der Waals surface area (Å²) in [5.41, 5.74) is -1.08. The lowest BCUT2D eigenvalue weighted by Gasteiger charge is -2.39. The lowest BCUT2D eigenvalue weighted by molar-refractivity contribution is -0.137. The van der Waals surface area contributed by atoms with Gasteiger partial charge in [-0.15, -0.1) is 0 Å². The number of alkyl halides is 3. The predicted octanol–water partition coefficient (Wildman–Crippen LogP) is 5.28. The maximum absolute atomic E-state index is 13.8. The molecule has 2 aromatic carbocycles. The van der Waals surface area contributed by atoms with Gasteiger partial charge >= 0.3 is 6.18 Å². The maximum atomic E-state index is 13.8. The minimum Gasteiger partial charge on any atom is -0.305 e. The second kappa shape index (κ2) is 6.50. The van der Waals surface area contributed by atoms with Crippen LogP contribution in [0.1, 0.15) is 36.8 Å². The number of rotatable bonds is 4. The Morgan fingerprint density at radius 1 is 1.00 bits per heavy atom. The van der Waals surface area contributed by atoms with E-state index >= 15 is 0 Å². The highest BCUT2D eigenvalue weighted by Crippen LogP contribution is 2.46. The van der Waals surface area contributed by atoms with Crippen molar-refractivity contribution in [1.82, 2.24) is 0 Å². The fraction of sp³-hybridized carbons (Fsp3) is 0.316. The maximum Gasteiger partial charge on any atom is 0.416 e. The molecule has 0 aliphatic heterocycles. The van der Waals surface area contributed by atoms with Crippen LogP contribution >= 0.6 is 0 Å². The zero-order valence-electron chi connectivity index (χ0n) is 13.4. The first kappa shape index (κ1) is 17.5. The molecule has 132 valence electrons. The zero-order chi connectivity index (χ0) is 18.1. The van der Waals surface area contributed by atoms with Gasteiger partial charge < -0.3 is 4.90 Å². The average Bonchev–Trinajstić information content (AvgIpc) is 3.06. The van der Waals surface area contributed by atoms with E-state index in [-0.39, 0.29) is 5.69 Å². The minimum absolute atomic E-state index is 0.0759. The van der Waals surface area contributed by atoms with Gasteiger partial charge in [0, 0.05) is 5.69 Å². The normalized spacial score (nSPS) is 16.6. The molecule has 0 radical (unpaired) electrons. The van der Waals surface area contributed by atoms with Crippen molar-refractivity contribution in [3.05, 3.63) is 65.5 Å². The molecule has 1 amide bonds. The van der Waals surface area contributed by atoms with Gasteiger partial charge in [0.1, 0.15) is 5.82 Å². The van der Waals surface area contributed by atoms with Gasteiger partial charge in [0.15, 0.2) is 0 Å². The summed E-state index contributed by atoms with van der Waals surface area (Å²) in [6.07, 6.45) is -1.24. The summed E-state index contributed by atoms with van der Waals surface area (Å²) in [5.74, 6) is -1.02. The standard InChI is InChI=1S/C19H17F4NO/c20-16-10-15(19(21,22)23)11-17(12-16)24(13-25)18(8-4-5-9-18)14-6-2-1-3-7-14/h1-3,6-7,10-13H,4-5,8-9H2. The molecule has 1 fully saturated rings. The Kier molecular flexibility index (Phi) is 4.54. The zero-order valence-corrected chi connectivity index (χ0v) is 13.4. The number of hydrogen-bond acceptors (Lipinski definition) is 1. The third-order valence-electron chi connectivity index (χ3n) is 4.80. The Balaban J connectivity index is 2.13. The van der Waals surface area contributed by atoms with Crippen molar-refractivity contribution < 1.29 is 22.4 Å². The second-order valence-corrected chi connectivity index (χ2v) is 6.28. The van der Waals surface area contributed by atoms with Gasteiger partial charge in [-0.2, -0.15) is 13.2 Å². The number of nitrogens with zero attached hydrogens (tertiary/aromatic N) is 1. The molecule has 1 aliphatic rings. The fourth-order valence-corrected chi connectivity index (χ4v) is 3.66. The third kappa shape index (κ3) is 3.25. The second-order valence-electron chi connectivity index (χ2n) is 6.28. The van der Waals surface area contributed by atoms with Crippen LogP contribution in [0.15, 0.2) is 48.5 Å². The molecule has 1 saturated carbocycles. The molecular weight excluding hydrogens is 334 g/mol. The van der Waals surface area contributed by atoms with Crippen LogP contribution in [-0.2, 0) is 16.5 Å². The van der Waals surface area contributed by atoms with Crippen LogP contribution in [0.2, 0.25) is 0 Å². The average molecular weight is 351 g/mol. The molecule has 0 saturated heterocycles. The van der Waals surface area contributed by atoms with E-state index in [0.29, 0.717) is 25.3 Å². The molecule has 2 aromatic rings. The van der Waals surface area contributed by atoms with E-state index in [0.717, 1.165) is 30.5 Å². The molecule has 2 nitrogen and oxygen atoms in total. The van der Waals surface area contributed by atoms with Crippen molar-refractivity contribution in [3.63, 3.8) is 0 Å². The van der Waals surface area contributed by atoms with Gasteiger partial charge in [-0.25, -0.2) is 4.39 Å². The van der Waals surface area contributed by atoms with Crippen LogP contribution < -0.4 is 4.90 Å². The molecule has 0 unspecified atom stereocenters. The summed E-state index contributed by atoms with van der Waals surface area (Å²) >= 11 is 0. The Morgan fingerprint density at radius 3 is 2.20 bits per heavy atom. The molecule has 25 heavy (non-hydrogen) atoms. The molecule has 0 heterocycles. The summed E-state index contributed by atoms with van der Waals surface area (Å²) in [6, 6.07) is 11.4. The fourth-order valence-electron chi connectivity index (χ4n) is 3.66. The van der Waals surface area contributed by atoms with E-state index in [4.69, 9.17) is 0 Å². The highest BCUT2D eigenvalue weighted by atomic mass is 19.4. The van der Waals surface area contributed by atoms with Gasteiger partial charge in [-0.1, -0.05) is 43.2 Å². The van der Waals surface area contributed by atoms with Crippen LogP contribution in [0.25, 0.3) is 0 Å². The molecule has 0 aromatic heterocycles. The number of amides is 1. The number of carbonyl (C=O) groups is 1. The van der Waals surface area contributed by atoms with Crippen molar-refractivity contribution in [2.24, 2.45) is 0 Å². The lowest BCUT2D eigenvalue weighted by atomic mass is 9.86. The number of benzene rings is 2. The Bertz CT molecular complexity index is 752. The summed E-state index contributed by atoms with van der Waals surface area (Å²) in [4.78, 5) is 13.1. The molecule has 0 N–H and O–H groups in total. The number of hydrogen-bond donors (Lipinski definition) is 0. The number of halogens is 4. The summed E-state index contributed by atoms with van der Waals surface area (Å²) in [6.45, 7) is 0. The van der Waals surface area contributed by atoms with Crippen LogP contribution in [0, 0.1) is 5.82 Å². The number of carbonyl (C=O) groups excluding carboxylic acids is 1. The molecule has 0 spiro atoms. The molecule has 0 bridgehead atoms. The van der Waals surface area contributed by atoms with Crippen molar-refractivity contribution >= 4 is 12.1 Å². The molecule has 3 rings (SSSR count). The lowest BCUT2D eigenvalue weighted by Crippen LogP contribution is -2.43. The van der Waals surface area contributed by atoms with Crippen LogP contribution in [-0.4, -0.2) is 6.41 Å². The predicted molar refractivity (Wildman–Crippen MR) is 86.5 cm³/mol. The van der Waals surface area contributed by atoms with Gasteiger partial charge in [0.2, 0.25) is 6.41 Å². The molecule has 6 heteroatoms. The van der Waals surface area contributed by atoms with Crippen LogP contribution in [0.3, 0.4) is 0 Å². The Hall–Kier alpha value is -2.37. The van der Waals surface area contributed by atoms with Gasteiger partial charge in [-0.3, -0.25) is 4.79 Å². The summed E-state index contributed by atoms with van der Waals surface area (Å²) < 4.78 is 52.9. The first-order chi connectivity index (χ1) is 11.9. The van der Waals surface area contributed by atoms with Crippen LogP contribution in [0.5, 0.6) is 0 Å². The van der Waals surface area contributed by atoms with E-state index in [1.54, 1.807) is 0 Å². The quantitative estimate of drug-likeness (QED) is 0.542. The van der Waals surface area contributed by atoms with Crippen molar-refractivity contribution in [3.8, 4) is 0 Å². The smallest absolute Gasteiger partial charge is 0.305 e. The molecule has 0 atom stereocenters. The molecule has 1 aliphatic carbocycles. The first-order valence-electron chi connectivity index (χ1n) is 8.05. The SMILES string of the molecule is O=CN(c1cc(F)cc(C(F)(F)F)c1)C1(c2ccccc2)CCCC1. The van der Waals surface area contributed by atoms with Crippen LogP contribution in [0.4, 0.5) is 23.2 Å². The first-order valence-corrected chi connectivity index (χ1v) is 8.05. The highest BCUT2D eigenvalue weighted by Gasteiger charge is 2.42. The number of anilines is 1.